The van der Waals surface area contributed by atoms with Gasteiger partial charge < -0.3 is 19.4 Å². The second kappa shape index (κ2) is 9.66. The highest BCUT2D eigenvalue weighted by molar-refractivity contribution is 5.81. The number of ether oxygens (including phenoxy) is 1. The van der Waals surface area contributed by atoms with Gasteiger partial charge in [0.05, 0.1) is 32.5 Å². The van der Waals surface area contributed by atoms with Gasteiger partial charge in [-0.15, -0.1) is 5.10 Å². The maximum Gasteiger partial charge on any atom is 0.242 e. The minimum atomic E-state index is 0.0668. The van der Waals surface area contributed by atoms with E-state index < -0.39 is 0 Å². The van der Waals surface area contributed by atoms with Crippen molar-refractivity contribution < 1.29 is 13.9 Å². The predicted octanol–water partition coefficient (Wildman–Crippen LogP) is 2.92. The number of aromatic nitrogens is 4. The molecule has 0 atom stereocenters. The molecule has 0 spiro atoms. The van der Waals surface area contributed by atoms with Crippen LogP contribution in [0.3, 0.4) is 0 Å². The fourth-order valence-corrected chi connectivity index (χ4v) is 3.66. The van der Waals surface area contributed by atoms with Crippen molar-refractivity contribution in [1.82, 2.24) is 24.9 Å². The number of anilines is 1. The maximum absolute atomic E-state index is 12.4. The molecule has 9 heteroatoms. The molecule has 9 nitrogen and oxygen atoms in total. The molecule has 0 bridgehead atoms. The molecular weight excluding hydrogens is 420 g/mol. The van der Waals surface area contributed by atoms with Crippen LogP contribution in [0, 0.1) is 0 Å². The van der Waals surface area contributed by atoms with Crippen LogP contribution in [0.5, 0.6) is 0 Å². The molecule has 33 heavy (non-hydrogen) atoms. The van der Waals surface area contributed by atoms with E-state index >= 15 is 0 Å². The van der Waals surface area contributed by atoms with Gasteiger partial charge in [0.1, 0.15) is 17.7 Å². The molecule has 5 rings (SSSR count). The number of nitrogens with one attached hydrogen (secondary N) is 1. The van der Waals surface area contributed by atoms with Crippen LogP contribution in [0.15, 0.2) is 71.5 Å². The number of hydrogen-bond acceptors (Lipinski definition) is 7. The van der Waals surface area contributed by atoms with Crippen molar-refractivity contribution in [3.05, 3.63) is 72.8 Å². The molecule has 1 fully saturated rings. The molecule has 0 radical (unpaired) electrons. The van der Waals surface area contributed by atoms with Crippen molar-refractivity contribution in [1.29, 1.82) is 0 Å². The van der Waals surface area contributed by atoms with Gasteiger partial charge in [0, 0.05) is 29.9 Å². The van der Waals surface area contributed by atoms with Crippen LogP contribution < -0.4 is 5.32 Å². The highest BCUT2D eigenvalue weighted by Crippen LogP contribution is 2.22. The summed E-state index contributed by atoms with van der Waals surface area (Å²) in [5.74, 6) is 0.647. The van der Waals surface area contributed by atoms with Gasteiger partial charge in [0.2, 0.25) is 11.8 Å². The summed E-state index contributed by atoms with van der Waals surface area (Å²) < 4.78 is 12.6. The molecule has 0 saturated carbocycles. The minimum absolute atomic E-state index is 0.0668. The van der Waals surface area contributed by atoms with Gasteiger partial charge in [-0.05, 0) is 24.3 Å². The van der Waals surface area contributed by atoms with Gasteiger partial charge in [-0.1, -0.05) is 35.5 Å². The highest BCUT2D eigenvalue weighted by Gasteiger charge is 2.16. The van der Waals surface area contributed by atoms with Gasteiger partial charge in [-0.25, -0.2) is 9.67 Å². The van der Waals surface area contributed by atoms with E-state index in [-0.39, 0.29) is 12.5 Å². The summed E-state index contributed by atoms with van der Waals surface area (Å²) >= 11 is 0. The first kappa shape index (κ1) is 20.9. The third-order valence-electron chi connectivity index (χ3n) is 5.40. The molecular formula is C24H24N6O3. The Labute approximate surface area is 191 Å². The Morgan fingerprint density at radius 2 is 1.85 bits per heavy atom. The topological polar surface area (TPSA) is 98.3 Å². The standard InChI is InChI=1S/C24H24N6O3/c31-23(29-9-11-32-12-10-29)14-25-20-8-4-7-19(13-20)22-16-30(28-27-22)15-21-17-33-24(26-21)18-5-2-1-3-6-18/h1-8,13,16-17,25H,9-12,14-15H2. The molecule has 1 aliphatic heterocycles. The Bertz CT molecular complexity index is 1210. The van der Waals surface area contributed by atoms with Crippen molar-refractivity contribution in [2.45, 2.75) is 6.54 Å². The summed E-state index contributed by atoms with van der Waals surface area (Å²) in [4.78, 5) is 18.7. The van der Waals surface area contributed by atoms with Gasteiger partial charge in [0.15, 0.2) is 0 Å². The van der Waals surface area contributed by atoms with Crippen LogP contribution in [-0.4, -0.2) is 63.6 Å². The fraction of sp³-hybridized carbons (Fsp3) is 0.250. The quantitative estimate of drug-likeness (QED) is 0.468. The third-order valence-corrected chi connectivity index (χ3v) is 5.40. The predicted molar refractivity (Wildman–Crippen MR) is 122 cm³/mol. The van der Waals surface area contributed by atoms with Crippen LogP contribution in [0.25, 0.3) is 22.7 Å². The maximum atomic E-state index is 12.4. The van der Waals surface area contributed by atoms with Crippen molar-refractivity contribution in [2.24, 2.45) is 0 Å². The molecule has 1 aliphatic rings. The zero-order valence-corrected chi connectivity index (χ0v) is 18.1. The van der Waals surface area contributed by atoms with Gasteiger partial charge in [0.25, 0.3) is 0 Å². The summed E-state index contributed by atoms with van der Waals surface area (Å²) in [5.41, 5.74) is 4.20. The van der Waals surface area contributed by atoms with E-state index in [9.17, 15) is 4.79 Å². The van der Waals surface area contributed by atoms with Crippen LogP contribution in [0.2, 0.25) is 0 Å². The lowest BCUT2D eigenvalue weighted by atomic mass is 10.1. The van der Waals surface area contributed by atoms with Crippen molar-refractivity contribution in [3.63, 3.8) is 0 Å². The lowest BCUT2D eigenvalue weighted by Crippen LogP contribution is -2.43. The van der Waals surface area contributed by atoms with Crippen molar-refractivity contribution in [3.8, 4) is 22.7 Å². The Kier molecular flexibility index (Phi) is 6.12. The second-order valence-electron chi connectivity index (χ2n) is 7.74. The number of amides is 1. The molecule has 4 aromatic rings. The molecule has 0 unspecified atom stereocenters. The normalized spacial score (nSPS) is 13.8. The number of rotatable bonds is 7. The van der Waals surface area contributed by atoms with E-state index in [0.717, 1.165) is 28.2 Å². The van der Waals surface area contributed by atoms with Crippen molar-refractivity contribution in [2.75, 3.05) is 38.2 Å². The lowest BCUT2D eigenvalue weighted by molar-refractivity contribution is -0.133. The van der Waals surface area contributed by atoms with E-state index in [4.69, 9.17) is 9.15 Å². The first-order valence-corrected chi connectivity index (χ1v) is 10.8. The van der Waals surface area contributed by atoms with Crippen LogP contribution in [-0.2, 0) is 16.1 Å². The van der Waals surface area contributed by atoms with E-state index in [1.54, 1.807) is 10.9 Å². The minimum Gasteiger partial charge on any atom is -0.444 e. The SMILES string of the molecule is O=C(CNc1cccc(-c2cn(Cc3coc(-c4ccccc4)n3)nn2)c1)N1CCOCC1. The Hall–Kier alpha value is -3.98. The number of oxazole rings is 1. The van der Waals surface area contributed by atoms with Gasteiger partial charge >= 0.3 is 0 Å². The van der Waals surface area contributed by atoms with E-state index in [1.807, 2.05) is 65.7 Å². The Morgan fingerprint density at radius 1 is 1.03 bits per heavy atom. The Balaban J connectivity index is 1.22. The largest absolute Gasteiger partial charge is 0.444 e. The van der Waals surface area contributed by atoms with E-state index in [2.05, 4.69) is 20.6 Å². The number of benzene rings is 2. The molecule has 2 aromatic carbocycles. The molecule has 1 amide bonds. The van der Waals surface area contributed by atoms with Gasteiger partial charge in [-0.3, -0.25) is 4.79 Å². The zero-order chi connectivity index (χ0) is 22.5. The lowest BCUT2D eigenvalue weighted by Gasteiger charge is -2.27. The summed E-state index contributed by atoms with van der Waals surface area (Å²) in [7, 11) is 0. The number of carbonyl (C=O) groups excluding carboxylic acids is 1. The van der Waals surface area contributed by atoms with Crippen LogP contribution in [0.1, 0.15) is 5.69 Å². The average molecular weight is 444 g/mol. The van der Waals surface area contributed by atoms with Crippen LogP contribution in [0.4, 0.5) is 5.69 Å². The first-order valence-electron chi connectivity index (χ1n) is 10.8. The molecule has 3 heterocycles. The first-order chi connectivity index (χ1) is 16.2. The third kappa shape index (κ3) is 5.09. The zero-order valence-electron chi connectivity index (χ0n) is 18.1. The molecule has 1 N–H and O–H groups in total. The molecule has 2 aromatic heterocycles. The number of morpholine rings is 1. The fourth-order valence-electron chi connectivity index (χ4n) is 3.66. The summed E-state index contributed by atoms with van der Waals surface area (Å²) in [6, 6.07) is 17.6. The van der Waals surface area contributed by atoms with Crippen molar-refractivity contribution >= 4 is 11.6 Å². The molecule has 168 valence electrons. The monoisotopic (exact) mass is 444 g/mol. The molecule has 1 saturated heterocycles. The Morgan fingerprint density at radius 3 is 2.70 bits per heavy atom. The van der Waals surface area contributed by atoms with Gasteiger partial charge in [-0.2, -0.15) is 0 Å². The second-order valence-corrected chi connectivity index (χ2v) is 7.74. The number of hydrogen-bond donors (Lipinski definition) is 1. The average Bonchev–Trinajstić information content (AvgIpc) is 3.54. The number of nitrogens with zero attached hydrogens (tertiary/aromatic N) is 5. The smallest absolute Gasteiger partial charge is 0.242 e. The van der Waals surface area contributed by atoms with E-state index in [0.29, 0.717) is 38.7 Å². The summed E-state index contributed by atoms with van der Waals surface area (Å²) in [6.45, 7) is 3.17. The van der Waals surface area contributed by atoms with Crippen LogP contribution >= 0.6 is 0 Å². The number of carbonyl (C=O) groups is 1. The molecule has 0 aliphatic carbocycles. The van der Waals surface area contributed by atoms with E-state index in [1.165, 1.54) is 0 Å². The summed E-state index contributed by atoms with van der Waals surface area (Å²) in [6.07, 6.45) is 3.51. The highest BCUT2D eigenvalue weighted by atomic mass is 16.5. The summed E-state index contributed by atoms with van der Waals surface area (Å²) in [5, 5.41) is 11.7.